The number of aliphatic imine (C=N–C) groups is 1. The number of fused-ring (bicyclic) bond motifs is 1. The van der Waals surface area contributed by atoms with Crippen molar-refractivity contribution in [3.63, 3.8) is 0 Å². The number of para-hydroxylation sites is 1. The van der Waals surface area contributed by atoms with Crippen LogP contribution in [-0.4, -0.2) is 41.5 Å². The van der Waals surface area contributed by atoms with Gasteiger partial charge in [0.05, 0.1) is 23.0 Å². The zero-order valence-electron chi connectivity index (χ0n) is 20.6. The standard InChI is InChI=1S/C29H26N4O3/c1-18-14-15-25(19(2)16-18)32-27(34)23-13-9-8-12-22(23)24(28(32)35)17-30-26-20(3)31(4)33(29(26)36)21-10-6-5-7-11-21/h5-17,20H,1-4H3/b24-17-,30-26?. The summed E-state index contributed by atoms with van der Waals surface area (Å²) in [5, 5.41) is 3.39. The maximum atomic E-state index is 13.7. The lowest BCUT2D eigenvalue weighted by Gasteiger charge is -2.29. The summed E-state index contributed by atoms with van der Waals surface area (Å²) in [6.45, 7) is 5.73. The first-order chi connectivity index (χ1) is 17.3. The van der Waals surface area contributed by atoms with E-state index in [2.05, 4.69) is 4.99 Å². The Labute approximate surface area is 209 Å². The second-order valence-corrected chi connectivity index (χ2v) is 9.04. The van der Waals surface area contributed by atoms with Crippen molar-refractivity contribution in [1.29, 1.82) is 0 Å². The van der Waals surface area contributed by atoms with E-state index in [-0.39, 0.29) is 23.4 Å². The van der Waals surface area contributed by atoms with Gasteiger partial charge in [-0.25, -0.2) is 14.9 Å². The molecule has 2 heterocycles. The number of carbonyl (C=O) groups is 3. The highest BCUT2D eigenvalue weighted by Gasteiger charge is 2.40. The van der Waals surface area contributed by atoms with Crippen LogP contribution < -0.4 is 9.91 Å². The zero-order chi connectivity index (χ0) is 25.6. The van der Waals surface area contributed by atoms with Crippen LogP contribution >= 0.6 is 0 Å². The van der Waals surface area contributed by atoms with Gasteiger partial charge in [-0.05, 0) is 50.6 Å². The van der Waals surface area contributed by atoms with Crippen LogP contribution in [0.4, 0.5) is 11.4 Å². The number of hydrogen-bond acceptors (Lipinski definition) is 5. The monoisotopic (exact) mass is 478 g/mol. The van der Waals surface area contributed by atoms with Gasteiger partial charge in [-0.1, -0.05) is 54.1 Å². The highest BCUT2D eigenvalue weighted by molar-refractivity contribution is 6.47. The highest BCUT2D eigenvalue weighted by atomic mass is 16.2. The van der Waals surface area contributed by atoms with Crippen molar-refractivity contribution in [2.45, 2.75) is 26.8 Å². The van der Waals surface area contributed by atoms with E-state index in [9.17, 15) is 14.4 Å². The first-order valence-corrected chi connectivity index (χ1v) is 11.7. The predicted octanol–water partition coefficient (Wildman–Crippen LogP) is 4.55. The van der Waals surface area contributed by atoms with Crippen LogP contribution in [0.2, 0.25) is 0 Å². The SMILES string of the molecule is Cc1ccc(N2C(=O)/C(=C\N=C3C(=O)N(c4ccccc4)N(C)C3C)c3ccccc3C2=O)c(C)c1. The molecule has 0 aromatic heterocycles. The molecule has 3 aromatic rings. The molecule has 180 valence electrons. The minimum absolute atomic E-state index is 0.257. The Morgan fingerprint density at radius 3 is 2.17 bits per heavy atom. The summed E-state index contributed by atoms with van der Waals surface area (Å²) in [4.78, 5) is 46.2. The number of anilines is 2. The maximum Gasteiger partial charge on any atom is 0.288 e. The van der Waals surface area contributed by atoms with Gasteiger partial charge in [-0.2, -0.15) is 0 Å². The molecule has 0 saturated carbocycles. The number of benzene rings is 3. The van der Waals surface area contributed by atoms with Gasteiger partial charge < -0.3 is 0 Å². The number of amides is 3. The fourth-order valence-corrected chi connectivity index (χ4v) is 4.70. The molecular weight excluding hydrogens is 452 g/mol. The number of aryl methyl sites for hydroxylation is 2. The van der Waals surface area contributed by atoms with Crippen molar-refractivity contribution < 1.29 is 14.4 Å². The van der Waals surface area contributed by atoms with Crippen molar-refractivity contribution in [3.05, 3.63) is 101 Å². The molecule has 2 aliphatic heterocycles. The van der Waals surface area contributed by atoms with Gasteiger partial charge >= 0.3 is 0 Å². The topological polar surface area (TPSA) is 73.3 Å². The van der Waals surface area contributed by atoms with Crippen molar-refractivity contribution in [2.24, 2.45) is 4.99 Å². The lowest BCUT2D eigenvalue weighted by Crippen LogP contribution is -2.42. The van der Waals surface area contributed by atoms with Gasteiger partial charge in [0.25, 0.3) is 17.7 Å². The van der Waals surface area contributed by atoms with E-state index in [4.69, 9.17) is 0 Å². The van der Waals surface area contributed by atoms with E-state index in [1.807, 2.05) is 75.3 Å². The summed E-state index contributed by atoms with van der Waals surface area (Å²) in [6, 6.07) is 21.6. The molecule has 3 amide bonds. The minimum Gasteiger partial charge on any atom is -0.268 e. The second-order valence-electron chi connectivity index (χ2n) is 9.04. The van der Waals surface area contributed by atoms with Gasteiger partial charge in [0, 0.05) is 24.4 Å². The van der Waals surface area contributed by atoms with Crippen LogP contribution in [0, 0.1) is 13.8 Å². The van der Waals surface area contributed by atoms with Crippen LogP contribution in [0.5, 0.6) is 0 Å². The van der Waals surface area contributed by atoms with Crippen LogP contribution in [-0.2, 0) is 9.59 Å². The molecule has 0 aliphatic carbocycles. The Morgan fingerprint density at radius 2 is 1.47 bits per heavy atom. The molecule has 1 saturated heterocycles. The van der Waals surface area contributed by atoms with Crippen molar-refractivity contribution in [3.8, 4) is 0 Å². The normalized spacial score (nSPS) is 20.6. The number of carbonyl (C=O) groups excluding carboxylic acids is 3. The molecule has 0 N–H and O–H groups in total. The largest absolute Gasteiger partial charge is 0.288 e. The molecular formula is C29H26N4O3. The van der Waals surface area contributed by atoms with Crippen molar-refractivity contribution in [1.82, 2.24) is 5.01 Å². The molecule has 7 nitrogen and oxygen atoms in total. The highest BCUT2D eigenvalue weighted by Crippen LogP contribution is 2.34. The van der Waals surface area contributed by atoms with Gasteiger partial charge in [0.15, 0.2) is 0 Å². The molecule has 2 aliphatic rings. The minimum atomic E-state index is -0.471. The third-order valence-corrected chi connectivity index (χ3v) is 6.69. The van der Waals surface area contributed by atoms with Gasteiger partial charge in [-0.3, -0.25) is 19.4 Å². The van der Waals surface area contributed by atoms with E-state index in [0.717, 1.165) is 16.8 Å². The molecule has 1 atom stereocenters. The lowest BCUT2D eigenvalue weighted by molar-refractivity contribution is -0.114. The Hall–Kier alpha value is -4.36. The smallest absolute Gasteiger partial charge is 0.268 e. The second kappa shape index (κ2) is 9.02. The third-order valence-electron chi connectivity index (χ3n) is 6.69. The molecule has 5 rings (SSSR count). The molecule has 0 radical (unpaired) electrons. The van der Waals surface area contributed by atoms with Crippen molar-refractivity contribution in [2.75, 3.05) is 17.0 Å². The van der Waals surface area contributed by atoms with Crippen LogP contribution in [0.15, 0.2) is 84.0 Å². The Morgan fingerprint density at radius 1 is 0.806 bits per heavy atom. The molecule has 3 aromatic carbocycles. The number of imide groups is 1. The summed E-state index contributed by atoms with van der Waals surface area (Å²) in [5.41, 5.74) is 4.62. The van der Waals surface area contributed by atoms with E-state index in [1.165, 1.54) is 11.1 Å². The van der Waals surface area contributed by atoms with Gasteiger partial charge in [0.1, 0.15) is 5.71 Å². The molecule has 7 heteroatoms. The molecule has 0 bridgehead atoms. The fourth-order valence-electron chi connectivity index (χ4n) is 4.70. The zero-order valence-corrected chi connectivity index (χ0v) is 20.6. The quantitative estimate of drug-likeness (QED) is 0.409. The number of hydrazine groups is 1. The van der Waals surface area contributed by atoms with E-state index in [0.29, 0.717) is 22.5 Å². The maximum absolute atomic E-state index is 13.7. The summed E-state index contributed by atoms with van der Waals surface area (Å²) in [7, 11) is 1.83. The predicted molar refractivity (Wildman–Crippen MR) is 141 cm³/mol. The molecule has 1 fully saturated rings. The van der Waals surface area contributed by atoms with Crippen LogP contribution in [0.25, 0.3) is 5.57 Å². The summed E-state index contributed by atoms with van der Waals surface area (Å²) >= 11 is 0. The molecule has 0 spiro atoms. The first kappa shape index (κ1) is 23.4. The fraction of sp³-hybridized carbons (Fsp3) is 0.172. The molecule has 1 unspecified atom stereocenters. The average molecular weight is 479 g/mol. The summed E-state index contributed by atoms with van der Waals surface area (Å²) in [6.07, 6.45) is 1.43. The van der Waals surface area contributed by atoms with Gasteiger partial charge in [-0.15, -0.1) is 0 Å². The van der Waals surface area contributed by atoms with E-state index < -0.39 is 5.91 Å². The van der Waals surface area contributed by atoms with Crippen LogP contribution in [0.1, 0.15) is 34.0 Å². The van der Waals surface area contributed by atoms with Crippen LogP contribution in [0.3, 0.4) is 0 Å². The number of hydrogen-bond donors (Lipinski definition) is 0. The van der Waals surface area contributed by atoms with E-state index in [1.54, 1.807) is 35.3 Å². The third kappa shape index (κ3) is 3.74. The van der Waals surface area contributed by atoms with E-state index >= 15 is 0 Å². The van der Waals surface area contributed by atoms with Gasteiger partial charge in [0.2, 0.25) is 0 Å². The summed E-state index contributed by atoms with van der Waals surface area (Å²) in [5.74, 6) is -1.11. The van der Waals surface area contributed by atoms with Crippen molar-refractivity contribution >= 4 is 40.4 Å². The lowest BCUT2D eigenvalue weighted by atomic mass is 9.93. The Balaban J connectivity index is 1.60. The number of rotatable bonds is 3. The number of nitrogens with zero attached hydrogens (tertiary/aromatic N) is 4. The Kier molecular flexibility index (Phi) is 5.86. The average Bonchev–Trinajstić information content (AvgIpc) is 3.08. The first-order valence-electron chi connectivity index (χ1n) is 11.7. The molecule has 36 heavy (non-hydrogen) atoms. The Bertz CT molecular complexity index is 1460. The summed E-state index contributed by atoms with van der Waals surface area (Å²) < 4.78 is 0.